The third kappa shape index (κ3) is 3.46. The van der Waals surface area contributed by atoms with Gasteiger partial charge in [0.05, 0.1) is 11.6 Å². The second-order valence-electron chi connectivity index (χ2n) is 5.27. The van der Waals surface area contributed by atoms with Gasteiger partial charge in [-0.05, 0) is 38.1 Å². The monoisotopic (exact) mass is 303 g/mol. The molecule has 0 aromatic carbocycles. The van der Waals surface area contributed by atoms with Crippen molar-refractivity contribution in [3.05, 3.63) is 35.6 Å². The highest BCUT2D eigenvalue weighted by atomic mass is 32.1. The van der Waals surface area contributed by atoms with Gasteiger partial charge >= 0.3 is 5.97 Å². The molecule has 0 radical (unpaired) electrons. The highest BCUT2D eigenvalue weighted by Gasteiger charge is 2.24. The standard InChI is InChI=1S/C15H17N3O2S/c19-15(20)12-3-7-18(8-4-12)9-13-10-21-14(17-13)11-1-5-16-6-2-11/h1-2,5-6,10,12H,3-4,7-9H2,(H,19,20). The molecule has 1 aliphatic rings. The lowest BCUT2D eigenvalue weighted by Gasteiger charge is -2.29. The predicted molar refractivity (Wildman–Crippen MR) is 81.0 cm³/mol. The lowest BCUT2D eigenvalue weighted by Crippen LogP contribution is -2.35. The molecule has 1 saturated heterocycles. The summed E-state index contributed by atoms with van der Waals surface area (Å²) in [6.07, 6.45) is 5.01. The van der Waals surface area contributed by atoms with E-state index in [1.165, 1.54) is 0 Å². The zero-order chi connectivity index (χ0) is 14.7. The number of thiazole rings is 1. The number of hydrogen-bond donors (Lipinski definition) is 1. The number of nitrogens with zero attached hydrogens (tertiary/aromatic N) is 3. The van der Waals surface area contributed by atoms with Crippen LogP contribution in [0.4, 0.5) is 0 Å². The van der Waals surface area contributed by atoms with Crippen LogP contribution in [-0.4, -0.2) is 39.0 Å². The van der Waals surface area contributed by atoms with E-state index in [9.17, 15) is 4.79 Å². The van der Waals surface area contributed by atoms with Crippen molar-refractivity contribution in [2.45, 2.75) is 19.4 Å². The van der Waals surface area contributed by atoms with Crippen molar-refractivity contribution in [2.24, 2.45) is 5.92 Å². The molecule has 3 heterocycles. The summed E-state index contributed by atoms with van der Waals surface area (Å²) in [4.78, 5) is 21.9. The maximum atomic E-state index is 10.9. The third-order valence-corrected chi connectivity index (χ3v) is 4.74. The average molecular weight is 303 g/mol. The van der Waals surface area contributed by atoms with Crippen LogP contribution in [0.25, 0.3) is 10.6 Å². The number of pyridine rings is 1. The number of carbonyl (C=O) groups is 1. The van der Waals surface area contributed by atoms with Gasteiger partial charge in [0.25, 0.3) is 0 Å². The van der Waals surface area contributed by atoms with Gasteiger partial charge in [-0.1, -0.05) is 0 Å². The molecule has 3 rings (SSSR count). The van der Waals surface area contributed by atoms with Crippen molar-refractivity contribution >= 4 is 17.3 Å². The van der Waals surface area contributed by atoms with Gasteiger partial charge < -0.3 is 5.11 Å². The Hall–Kier alpha value is -1.79. The summed E-state index contributed by atoms with van der Waals surface area (Å²) in [6, 6.07) is 3.92. The Bertz CT molecular complexity index is 606. The van der Waals surface area contributed by atoms with Crippen LogP contribution in [-0.2, 0) is 11.3 Å². The molecule has 6 heteroatoms. The minimum Gasteiger partial charge on any atom is -0.481 e. The molecule has 21 heavy (non-hydrogen) atoms. The summed E-state index contributed by atoms with van der Waals surface area (Å²) in [6.45, 7) is 2.46. The minimum absolute atomic E-state index is 0.177. The first kappa shape index (κ1) is 14.2. The number of aliphatic carboxylic acids is 1. The van der Waals surface area contributed by atoms with Gasteiger partial charge in [0.1, 0.15) is 5.01 Å². The summed E-state index contributed by atoms with van der Waals surface area (Å²) < 4.78 is 0. The first-order valence-electron chi connectivity index (χ1n) is 7.02. The molecule has 1 N–H and O–H groups in total. The van der Waals surface area contributed by atoms with Gasteiger partial charge in [-0.2, -0.15) is 0 Å². The van der Waals surface area contributed by atoms with Crippen molar-refractivity contribution in [1.29, 1.82) is 0 Å². The van der Waals surface area contributed by atoms with Crippen LogP contribution in [0.2, 0.25) is 0 Å². The molecule has 1 fully saturated rings. The van der Waals surface area contributed by atoms with Gasteiger partial charge in [0.2, 0.25) is 0 Å². The van der Waals surface area contributed by atoms with Crippen LogP contribution in [0.5, 0.6) is 0 Å². The van der Waals surface area contributed by atoms with Gasteiger partial charge in [-0.15, -0.1) is 11.3 Å². The topological polar surface area (TPSA) is 66.3 Å². The molecule has 2 aromatic heterocycles. The largest absolute Gasteiger partial charge is 0.481 e. The quantitative estimate of drug-likeness (QED) is 0.940. The first-order valence-corrected chi connectivity index (χ1v) is 7.90. The van der Waals surface area contributed by atoms with Crippen molar-refractivity contribution in [3.8, 4) is 10.6 Å². The van der Waals surface area contributed by atoms with Crippen LogP contribution in [0.3, 0.4) is 0 Å². The maximum absolute atomic E-state index is 10.9. The highest BCUT2D eigenvalue weighted by Crippen LogP contribution is 2.25. The molecule has 2 aromatic rings. The van der Waals surface area contributed by atoms with Gasteiger partial charge in [-0.3, -0.25) is 14.7 Å². The first-order chi connectivity index (χ1) is 10.2. The van der Waals surface area contributed by atoms with E-state index in [1.807, 2.05) is 12.1 Å². The number of carboxylic acids is 1. The minimum atomic E-state index is -0.664. The maximum Gasteiger partial charge on any atom is 0.306 e. The molecule has 0 spiro atoms. The molecule has 0 atom stereocenters. The van der Waals surface area contributed by atoms with Crippen LogP contribution in [0.1, 0.15) is 18.5 Å². The Labute approximate surface area is 127 Å². The fourth-order valence-electron chi connectivity index (χ4n) is 2.57. The molecular weight excluding hydrogens is 286 g/mol. The molecule has 5 nitrogen and oxygen atoms in total. The Morgan fingerprint density at radius 3 is 2.71 bits per heavy atom. The highest BCUT2D eigenvalue weighted by molar-refractivity contribution is 7.13. The fourth-order valence-corrected chi connectivity index (χ4v) is 3.39. The van der Waals surface area contributed by atoms with Crippen molar-refractivity contribution in [1.82, 2.24) is 14.9 Å². The molecule has 0 aliphatic carbocycles. The summed E-state index contributed by atoms with van der Waals surface area (Å²) in [7, 11) is 0. The second kappa shape index (κ2) is 6.32. The van der Waals surface area contributed by atoms with E-state index in [0.717, 1.165) is 48.7 Å². The molecule has 0 bridgehead atoms. The van der Waals surface area contributed by atoms with E-state index in [4.69, 9.17) is 5.11 Å². The molecule has 0 saturated carbocycles. The number of rotatable bonds is 4. The molecule has 0 amide bonds. The Morgan fingerprint density at radius 2 is 2.05 bits per heavy atom. The molecule has 1 aliphatic heterocycles. The average Bonchev–Trinajstić information content (AvgIpc) is 2.97. The number of hydrogen-bond acceptors (Lipinski definition) is 5. The SMILES string of the molecule is O=C(O)C1CCN(Cc2csc(-c3ccncc3)n2)CC1. The Morgan fingerprint density at radius 1 is 1.33 bits per heavy atom. The van der Waals surface area contributed by atoms with Crippen molar-refractivity contribution in [2.75, 3.05) is 13.1 Å². The zero-order valence-electron chi connectivity index (χ0n) is 11.6. The van der Waals surface area contributed by atoms with Gasteiger partial charge in [-0.25, -0.2) is 4.98 Å². The summed E-state index contributed by atoms with van der Waals surface area (Å²) >= 11 is 1.64. The lowest BCUT2D eigenvalue weighted by atomic mass is 9.97. The predicted octanol–water partition coefficient (Wildman–Crippen LogP) is 2.50. The van der Waals surface area contributed by atoms with Crippen molar-refractivity contribution < 1.29 is 9.90 Å². The normalized spacial score (nSPS) is 17.0. The smallest absolute Gasteiger partial charge is 0.306 e. The number of aromatic nitrogens is 2. The van der Waals surface area contributed by atoms with E-state index in [2.05, 4.69) is 20.2 Å². The van der Waals surface area contributed by atoms with Gasteiger partial charge in [0, 0.05) is 29.9 Å². The van der Waals surface area contributed by atoms with Crippen LogP contribution < -0.4 is 0 Å². The van der Waals surface area contributed by atoms with E-state index in [1.54, 1.807) is 23.7 Å². The Balaban J connectivity index is 1.60. The number of likely N-dealkylation sites (tertiary alicyclic amines) is 1. The number of carboxylic acid groups (broad SMARTS) is 1. The molecule has 0 unspecified atom stereocenters. The van der Waals surface area contributed by atoms with Crippen LogP contribution in [0.15, 0.2) is 29.9 Å². The number of piperidine rings is 1. The van der Waals surface area contributed by atoms with E-state index in [0.29, 0.717) is 0 Å². The summed E-state index contributed by atoms with van der Waals surface area (Å²) in [5.74, 6) is -0.840. The second-order valence-corrected chi connectivity index (χ2v) is 6.13. The van der Waals surface area contributed by atoms with Crippen molar-refractivity contribution in [3.63, 3.8) is 0 Å². The van der Waals surface area contributed by atoms with Crippen LogP contribution in [0, 0.1) is 5.92 Å². The molecule has 110 valence electrons. The van der Waals surface area contributed by atoms with E-state index in [-0.39, 0.29) is 5.92 Å². The summed E-state index contributed by atoms with van der Waals surface area (Å²) in [5, 5.41) is 12.1. The zero-order valence-corrected chi connectivity index (χ0v) is 12.4. The van der Waals surface area contributed by atoms with Crippen LogP contribution >= 0.6 is 11.3 Å². The van der Waals surface area contributed by atoms with E-state index < -0.39 is 5.97 Å². The fraction of sp³-hybridized carbons (Fsp3) is 0.400. The Kier molecular flexibility index (Phi) is 4.26. The summed E-state index contributed by atoms with van der Waals surface area (Å²) in [5.41, 5.74) is 2.14. The molecular formula is C15H17N3O2S. The van der Waals surface area contributed by atoms with E-state index >= 15 is 0 Å². The third-order valence-electron chi connectivity index (χ3n) is 3.80. The lowest BCUT2D eigenvalue weighted by molar-refractivity contribution is -0.143. The van der Waals surface area contributed by atoms with Gasteiger partial charge in [0.15, 0.2) is 0 Å².